The first-order chi connectivity index (χ1) is 11.5. The molecule has 0 unspecified atom stereocenters. The third-order valence-corrected chi connectivity index (χ3v) is 6.79. The molecule has 0 aromatic heterocycles. The fourth-order valence-corrected chi connectivity index (χ4v) is 6.03. The highest BCUT2D eigenvalue weighted by Gasteiger charge is 2.50. The highest BCUT2D eigenvalue weighted by atomic mass is 16.2. The van der Waals surface area contributed by atoms with Crippen LogP contribution in [0.5, 0.6) is 0 Å². The summed E-state index contributed by atoms with van der Waals surface area (Å²) in [5.41, 5.74) is 1.44. The van der Waals surface area contributed by atoms with Gasteiger partial charge in [0.1, 0.15) is 0 Å². The van der Waals surface area contributed by atoms with Crippen molar-refractivity contribution in [2.24, 2.45) is 23.2 Å². The van der Waals surface area contributed by atoms with Crippen LogP contribution in [0, 0.1) is 23.2 Å². The largest absolute Gasteiger partial charge is 0.314 e. The molecule has 1 amide bonds. The van der Waals surface area contributed by atoms with Crippen LogP contribution in [0.15, 0.2) is 30.3 Å². The van der Waals surface area contributed by atoms with Crippen molar-refractivity contribution in [1.82, 2.24) is 5.32 Å². The number of rotatable bonds is 5. The topological polar surface area (TPSA) is 32.3 Å². The molecule has 0 saturated heterocycles. The van der Waals surface area contributed by atoms with Crippen molar-refractivity contribution in [2.45, 2.75) is 51.5 Å². The number of nitrogens with zero attached hydrogens (tertiary/aromatic N) is 1. The van der Waals surface area contributed by atoms with E-state index in [1.165, 1.54) is 38.5 Å². The molecular formula is C21H30N2O. The molecular weight excluding hydrogens is 296 g/mol. The Morgan fingerprint density at radius 2 is 1.67 bits per heavy atom. The molecule has 1 N–H and O–H groups in total. The lowest BCUT2D eigenvalue weighted by Crippen LogP contribution is -2.53. The van der Waals surface area contributed by atoms with Crippen molar-refractivity contribution in [3.63, 3.8) is 0 Å². The van der Waals surface area contributed by atoms with Crippen molar-refractivity contribution < 1.29 is 4.79 Å². The number of hydrogen-bond donors (Lipinski definition) is 1. The summed E-state index contributed by atoms with van der Waals surface area (Å²) in [7, 11) is 1.88. The third-order valence-electron chi connectivity index (χ3n) is 6.79. The average molecular weight is 326 g/mol. The monoisotopic (exact) mass is 326 g/mol. The zero-order valence-corrected chi connectivity index (χ0v) is 15.0. The molecule has 0 spiro atoms. The van der Waals surface area contributed by atoms with Gasteiger partial charge in [-0.25, -0.2) is 0 Å². The Morgan fingerprint density at radius 1 is 1.12 bits per heavy atom. The number of nitrogens with one attached hydrogen (secondary N) is 1. The zero-order chi connectivity index (χ0) is 16.7. The average Bonchev–Trinajstić information content (AvgIpc) is 2.58. The SMILES string of the molecule is C[C@H](NCC12CC3CC(CC(C3)C1)C2)C(=O)N(C)c1ccccc1. The lowest BCUT2D eigenvalue weighted by Gasteiger charge is -2.57. The highest BCUT2D eigenvalue weighted by Crippen LogP contribution is 2.59. The predicted octanol–water partition coefficient (Wildman–Crippen LogP) is 3.84. The Balaban J connectivity index is 1.36. The summed E-state index contributed by atoms with van der Waals surface area (Å²) >= 11 is 0. The van der Waals surface area contributed by atoms with Crippen molar-refractivity contribution in [3.05, 3.63) is 30.3 Å². The van der Waals surface area contributed by atoms with Gasteiger partial charge in [-0.15, -0.1) is 0 Å². The molecule has 24 heavy (non-hydrogen) atoms. The fourth-order valence-electron chi connectivity index (χ4n) is 6.03. The molecule has 0 radical (unpaired) electrons. The number of para-hydroxylation sites is 1. The summed E-state index contributed by atoms with van der Waals surface area (Å²) in [6, 6.07) is 9.80. The maximum atomic E-state index is 12.7. The van der Waals surface area contributed by atoms with E-state index in [0.29, 0.717) is 5.41 Å². The molecule has 1 atom stereocenters. The van der Waals surface area contributed by atoms with Gasteiger partial charge in [0, 0.05) is 19.3 Å². The second-order valence-corrected chi connectivity index (χ2v) is 8.75. The van der Waals surface area contributed by atoms with Crippen LogP contribution in [0.3, 0.4) is 0 Å². The molecule has 4 aliphatic carbocycles. The lowest BCUT2D eigenvalue weighted by atomic mass is 9.49. The minimum absolute atomic E-state index is 0.122. The van der Waals surface area contributed by atoms with Crippen LogP contribution in [0.1, 0.15) is 45.4 Å². The fraction of sp³-hybridized carbons (Fsp3) is 0.667. The van der Waals surface area contributed by atoms with E-state index in [9.17, 15) is 4.79 Å². The summed E-state index contributed by atoms with van der Waals surface area (Å²) in [5, 5.41) is 3.60. The number of likely N-dealkylation sites (N-methyl/N-ethyl adjacent to an activating group) is 1. The molecule has 4 bridgehead atoms. The molecule has 3 heteroatoms. The van der Waals surface area contributed by atoms with Crippen molar-refractivity contribution in [1.29, 1.82) is 0 Å². The van der Waals surface area contributed by atoms with Crippen LogP contribution in [0.25, 0.3) is 0 Å². The van der Waals surface area contributed by atoms with E-state index in [1.807, 2.05) is 44.3 Å². The van der Waals surface area contributed by atoms with E-state index in [0.717, 1.165) is 30.0 Å². The van der Waals surface area contributed by atoms with Crippen LogP contribution < -0.4 is 10.2 Å². The molecule has 4 saturated carbocycles. The van der Waals surface area contributed by atoms with E-state index in [-0.39, 0.29) is 11.9 Å². The Kier molecular flexibility index (Phi) is 4.16. The van der Waals surface area contributed by atoms with E-state index >= 15 is 0 Å². The minimum Gasteiger partial charge on any atom is -0.314 e. The summed E-state index contributed by atoms with van der Waals surface area (Å²) < 4.78 is 0. The van der Waals surface area contributed by atoms with Gasteiger partial charge in [0.15, 0.2) is 0 Å². The lowest BCUT2D eigenvalue weighted by molar-refractivity contribution is -0.120. The number of amides is 1. The number of anilines is 1. The van der Waals surface area contributed by atoms with Gasteiger partial charge in [-0.2, -0.15) is 0 Å². The van der Waals surface area contributed by atoms with Crippen LogP contribution >= 0.6 is 0 Å². The van der Waals surface area contributed by atoms with E-state index in [4.69, 9.17) is 0 Å². The van der Waals surface area contributed by atoms with Gasteiger partial charge < -0.3 is 10.2 Å². The predicted molar refractivity (Wildman–Crippen MR) is 97.9 cm³/mol. The van der Waals surface area contributed by atoms with E-state index < -0.39 is 0 Å². The minimum atomic E-state index is -0.122. The molecule has 0 aliphatic heterocycles. The van der Waals surface area contributed by atoms with Gasteiger partial charge >= 0.3 is 0 Å². The van der Waals surface area contributed by atoms with E-state index in [2.05, 4.69) is 5.32 Å². The van der Waals surface area contributed by atoms with Crippen LogP contribution in [0.4, 0.5) is 5.69 Å². The summed E-state index contributed by atoms with van der Waals surface area (Å²) in [5.74, 6) is 3.06. The number of benzene rings is 1. The Bertz CT molecular complexity index is 562. The first-order valence-electron chi connectivity index (χ1n) is 9.61. The maximum Gasteiger partial charge on any atom is 0.243 e. The maximum absolute atomic E-state index is 12.7. The van der Waals surface area contributed by atoms with Gasteiger partial charge in [-0.05, 0) is 80.8 Å². The molecule has 4 fully saturated rings. The van der Waals surface area contributed by atoms with Gasteiger partial charge in [-0.1, -0.05) is 18.2 Å². The van der Waals surface area contributed by atoms with Crippen molar-refractivity contribution in [2.75, 3.05) is 18.5 Å². The normalized spacial score (nSPS) is 35.0. The van der Waals surface area contributed by atoms with Crippen molar-refractivity contribution in [3.8, 4) is 0 Å². The van der Waals surface area contributed by atoms with Crippen LogP contribution in [0.2, 0.25) is 0 Å². The summed E-state index contributed by atoms with van der Waals surface area (Å²) in [6.07, 6.45) is 8.60. The zero-order valence-electron chi connectivity index (χ0n) is 15.0. The van der Waals surface area contributed by atoms with Crippen molar-refractivity contribution >= 4 is 11.6 Å². The molecule has 3 nitrogen and oxygen atoms in total. The van der Waals surface area contributed by atoms with Gasteiger partial charge in [0.25, 0.3) is 0 Å². The van der Waals surface area contributed by atoms with Gasteiger partial charge in [0.05, 0.1) is 6.04 Å². The van der Waals surface area contributed by atoms with Crippen LogP contribution in [-0.4, -0.2) is 25.5 Å². The Hall–Kier alpha value is -1.35. The van der Waals surface area contributed by atoms with Crippen LogP contribution in [-0.2, 0) is 4.79 Å². The molecule has 4 aliphatic rings. The number of carbonyl (C=O) groups excluding carboxylic acids is 1. The molecule has 1 aromatic carbocycles. The highest BCUT2D eigenvalue weighted by molar-refractivity contribution is 5.96. The summed E-state index contributed by atoms with van der Waals surface area (Å²) in [6.45, 7) is 3.04. The molecule has 0 heterocycles. The Labute approximate surface area is 145 Å². The van der Waals surface area contributed by atoms with E-state index in [1.54, 1.807) is 4.90 Å². The second kappa shape index (κ2) is 6.18. The second-order valence-electron chi connectivity index (χ2n) is 8.75. The quantitative estimate of drug-likeness (QED) is 0.891. The Morgan fingerprint density at radius 3 is 2.21 bits per heavy atom. The summed E-state index contributed by atoms with van der Waals surface area (Å²) in [4.78, 5) is 14.5. The van der Waals surface area contributed by atoms with Gasteiger partial charge in [0.2, 0.25) is 5.91 Å². The molecule has 1 aromatic rings. The smallest absolute Gasteiger partial charge is 0.243 e. The first-order valence-corrected chi connectivity index (χ1v) is 9.61. The van der Waals surface area contributed by atoms with Gasteiger partial charge in [-0.3, -0.25) is 4.79 Å². The number of hydrogen-bond acceptors (Lipinski definition) is 2. The standard InChI is InChI=1S/C21H30N2O/c1-15(20(24)23(2)19-6-4-3-5-7-19)22-14-21-11-16-8-17(12-21)10-18(9-16)13-21/h3-7,15-18,22H,8-14H2,1-2H3/t15-,16?,17?,18?,21?/m0/s1. The first kappa shape index (κ1) is 16.1. The molecule has 5 rings (SSSR count). The number of carbonyl (C=O) groups is 1. The molecule has 130 valence electrons. The third kappa shape index (κ3) is 2.99.